The van der Waals surface area contributed by atoms with E-state index in [4.69, 9.17) is 10.8 Å². The van der Waals surface area contributed by atoms with Crippen LogP contribution in [0.2, 0.25) is 0 Å². The highest BCUT2D eigenvalue weighted by Crippen LogP contribution is 2.29. The molecule has 1 aliphatic heterocycles. The fraction of sp³-hybridized carbons (Fsp3) is 0.750. The lowest BCUT2D eigenvalue weighted by molar-refractivity contribution is -0.138. The van der Waals surface area contributed by atoms with Crippen LogP contribution in [0, 0.1) is 5.41 Å². The molecule has 7 heteroatoms. The number of aliphatic carboxylic acids is 1. The van der Waals surface area contributed by atoms with Crippen molar-refractivity contribution < 1.29 is 19.5 Å². The molecule has 0 aromatic carbocycles. The van der Waals surface area contributed by atoms with Crippen LogP contribution >= 0.6 is 0 Å². The monoisotopic (exact) mass is 271 g/mol. The minimum absolute atomic E-state index is 0.193. The van der Waals surface area contributed by atoms with Gasteiger partial charge in [0.2, 0.25) is 5.91 Å². The normalized spacial score (nSPS) is 17.9. The average molecular weight is 271 g/mol. The largest absolute Gasteiger partial charge is 0.480 e. The third-order valence-electron chi connectivity index (χ3n) is 3.33. The van der Waals surface area contributed by atoms with Gasteiger partial charge in [0.15, 0.2) is 0 Å². The van der Waals surface area contributed by atoms with Crippen LogP contribution < -0.4 is 5.73 Å². The van der Waals surface area contributed by atoms with E-state index in [1.54, 1.807) is 4.90 Å². The standard InChI is InChI=1S/C12H21N3O4/c1-12(2)3-5-14(6-4-12)11(19)15(7-9(13)16)8-10(17)18/h3-8H2,1-2H3,(H2,13,16)(H,17,18). The number of carboxylic acid groups (broad SMARTS) is 1. The van der Waals surface area contributed by atoms with Gasteiger partial charge in [-0.15, -0.1) is 0 Å². The number of carbonyl (C=O) groups is 3. The Morgan fingerprint density at radius 3 is 2.16 bits per heavy atom. The summed E-state index contributed by atoms with van der Waals surface area (Å²) in [4.78, 5) is 36.3. The number of nitrogens with zero attached hydrogens (tertiary/aromatic N) is 2. The van der Waals surface area contributed by atoms with Crippen LogP contribution in [-0.2, 0) is 9.59 Å². The second-order valence-electron chi connectivity index (χ2n) is 5.65. The Labute approximate surface area is 112 Å². The van der Waals surface area contributed by atoms with Crippen molar-refractivity contribution in [2.24, 2.45) is 11.1 Å². The molecule has 1 aliphatic rings. The quantitative estimate of drug-likeness (QED) is 0.756. The van der Waals surface area contributed by atoms with Crippen molar-refractivity contribution in [2.75, 3.05) is 26.2 Å². The molecule has 0 atom stereocenters. The zero-order chi connectivity index (χ0) is 14.6. The Morgan fingerprint density at radius 2 is 1.74 bits per heavy atom. The average Bonchev–Trinajstić information content (AvgIpc) is 2.26. The summed E-state index contributed by atoms with van der Waals surface area (Å²) < 4.78 is 0. The Kier molecular flexibility index (Phi) is 4.74. The Bertz CT molecular complexity index is 355. The molecule has 1 rings (SSSR count). The summed E-state index contributed by atoms with van der Waals surface area (Å²) >= 11 is 0. The maximum absolute atomic E-state index is 12.2. The Hall–Kier alpha value is -1.79. The van der Waals surface area contributed by atoms with E-state index >= 15 is 0 Å². The van der Waals surface area contributed by atoms with Gasteiger partial charge >= 0.3 is 12.0 Å². The number of carbonyl (C=O) groups excluding carboxylic acids is 2. The number of rotatable bonds is 4. The molecule has 3 N–H and O–H groups in total. The second-order valence-corrected chi connectivity index (χ2v) is 5.65. The summed E-state index contributed by atoms with van der Waals surface area (Å²) in [5, 5.41) is 8.76. The maximum Gasteiger partial charge on any atom is 0.323 e. The van der Waals surface area contributed by atoms with Crippen LogP contribution in [0.3, 0.4) is 0 Å². The molecular weight excluding hydrogens is 250 g/mol. The van der Waals surface area contributed by atoms with Crippen molar-refractivity contribution >= 4 is 17.9 Å². The van der Waals surface area contributed by atoms with Crippen molar-refractivity contribution in [1.82, 2.24) is 9.80 Å². The molecule has 0 bridgehead atoms. The molecule has 3 amide bonds. The smallest absolute Gasteiger partial charge is 0.323 e. The van der Waals surface area contributed by atoms with Crippen molar-refractivity contribution in [3.05, 3.63) is 0 Å². The molecule has 0 spiro atoms. The lowest BCUT2D eigenvalue weighted by atomic mass is 9.83. The van der Waals surface area contributed by atoms with E-state index in [1.807, 2.05) is 0 Å². The summed E-state index contributed by atoms with van der Waals surface area (Å²) in [6.45, 7) is 4.52. The molecule has 0 aromatic heterocycles. The van der Waals surface area contributed by atoms with Crippen molar-refractivity contribution in [3.63, 3.8) is 0 Å². The van der Waals surface area contributed by atoms with Gasteiger partial charge in [-0.25, -0.2) is 4.79 Å². The fourth-order valence-corrected chi connectivity index (χ4v) is 2.05. The van der Waals surface area contributed by atoms with Gasteiger partial charge in [-0.2, -0.15) is 0 Å². The van der Waals surface area contributed by atoms with Gasteiger partial charge in [-0.05, 0) is 18.3 Å². The van der Waals surface area contributed by atoms with E-state index in [-0.39, 0.29) is 12.0 Å². The van der Waals surface area contributed by atoms with Crippen LogP contribution in [0.4, 0.5) is 4.79 Å². The second kappa shape index (κ2) is 5.90. The van der Waals surface area contributed by atoms with Crippen LogP contribution in [-0.4, -0.2) is 59.0 Å². The first-order valence-electron chi connectivity index (χ1n) is 6.25. The molecule has 0 unspecified atom stereocenters. The molecule has 0 aliphatic carbocycles. The SMILES string of the molecule is CC1(C)CCN(C(=O)N(CC(N)=O)CC(=O)O)CC1. The number of amides is 3. The number of piperidine rings is 1. The van der Waals surface area contributed by atoms with E-state index in [0.29, 0.717) is 13.1 Å². The molecule has 0 radical (unpaired) electrons. The van der Waals surface area contributed by atoms with Crippen LogP contribution in [0.25, 0.3) is 0 Å². The van der Waals surface area contributed by atoms with E-state index in [0.717, 1.165) is 17.7 Å². The topological polar surface area (TPSA) is 104 Å². The molecular formula is C12H21N3O4. The zero-order valence-corrected chi connectivity index (χ0v) is 11.4. The van der Waals surface area contributed by atoms with Crippen LogP contribution in [0.5, 0.6) is 0 Å². The highest BCUT2D eigenvalue weighted by Gasteiger charge is 2.31. The first-order chi connectivity index (χ1) is 8.71. The number of primary amides is 1. The van der Waals surface area contributed by atoms with Crippen molar-refractivity contribution in [2.45, 2.75) is 26.7 Å². The molecule has 7 nitrogen and oxygen atoms in total. The highest BCUT2D eigenvalue weighted by atomic mass is 16.4. The highest BCUT2D eigenvalue weighted by molar-refractivity contribution is 5.86. The molecule has 108 valence electrons. The van der Waals surface area contributed by atoms with E-state index < -0.39 is 24.5 Å². The molecule has 0 saturated carbocycles. The third kappa shape index (κ3) is 4.76. The first kappa shape index (κ1) is 15.3. The predicted molar refractivity (Wildman–Crippen MR) is 68.4 cm³/mol. The lowest BCUT2D eigenvalue weighted by Gasteiger charge is -2.38. The number of hydrogen-bond donors (Lipinski definition) is 2. The number of likely N-dealkylation sites (tertiary alicyclic amines) is 1. The fourth-order valence-electron chi connectivity index (χ4n) is 2.05. The number of hydrogen-bond acceptors (Lipinski definition) is 3. The summed E-state index contributed by atoms with van der Waals surface area (Å²) in [5.41, 5.74) is 5.23. The van der Waals surface area contributed by atoms with Gasteiger partial charge in [0.1, 0.15) is 13.1 Å². The summed E-state index contributed by atoms with van der Waals surface area (Å²) in [6.07, 6.45) is 1.71. The molecule has 1 saturated heterocycles. The summed E-state index contributed by atoms with van der Waals surface area (Å²) in [6, 6.07) is -0.434. The number of urea groups is 1. The Morgan fingerprint density at radius 1 is 1.21 bits per heavy atom. The molecule has 1 fully saturated rings. The summed E-state index contributed by atoms with van der Waals surface area (Å²) in [7, 11) is 0. The van der Waals surface area contributed by atoms with Crippen molar-refractivity contribution in [1.29, 1.82) is 0 Å². The molecule has 0 aromatic rings. The van der Waals surface area contributed by atoms with Gasteiger partial charge in [0, 0.05) is 13.1 Å². The van der Waals surface area contributed by atoms with Crippen LogP contribution in [0.1, 0.15) is 26.7 Å². The molecule has 19 heavy (non-hydrogen) atoms. The van der Waals surface area contributed by atoms with E-state index in [9.17, 15) is 14.4 Å². The van der Waals surface area contributed by atoms with Gasteiger partial charge < -0.3 is 20.6 Å². The lowest BCUT2D eigenvalue weighted by Crippen LogP contribution is -2.51. The van der Waals surface area contributed by atoms with Gasteiger partial charge in [-0.1, -0.05) is 13.8 Å². The number of nitrogens with two attached hydrogens (primary N) is 1. The van der Waals surface area contributed by atoms with Crippen LogP contribution in [0.15, 0.2) is 0 Å². The minimum atomic E-state index is -1.16. The minimum Gasteiger partial charge on any atom is -0.480 e. The van der Waals surface area contributed by atoms with E-state index in [2.05, 4.69) is 13.8 Å². The third-order valence-corrected chi connectivity index (χ3v) is 3.33. The van der Waals surface area contributed by atoms with Gasteiger partial charge in [0.25, 0.3) is 0 Å². The van der Waals surface area contributed by atoms with Gasteiger partial charge in [-0.3, -0.25) is 9.59 Å². The van der Waals surface area contributed by atoms with Gasteiger partial charge in [0.05, 0.1) is 0 Å². The zero-order valence-electron chi connectivity index (χ0n) is 11.4. The van der Waals surface area contributed by atoms with Crippen molar-refractivity contribution in [3.8, 4) is 0 Å². The number of carboxylic acids is 1. The Balaban J connectivity index is 2.66. The van der Waals surface area contributed by atoms with E-state index in [1.165, 1.54) is 0 Å². The molecule has 1 heterocycles. The predicted octanol–water partition coefficient (Wildman–Crippen LogP) is 0.100. The summed E-state index contributed by atoms with van der Waals surface area (Å²) in [5.74, 6) is -1.88. The first-order valence-corrected chi connectivity index (χ1v) is 6.25. The maximum atomic E-state index is 12.2.